The smallest absolute Gasteiger partial charge is 0.326 e. The quantitative estimate of drug-likeness (QED) is 0.902. The van der Waals surface area contributed by atoms with Crippen molar-refractivity contribution >= 4 is 11.9 Å². The number of ether oxygens (including phenoxy) is 1. The SMILES string of the molecule is COC1CC(C(=O)O)N(C(=O)C[C@@H]2C[C@H]2c2ccccc2)C1. The lowest BCUT2D eigenvalue weighted by molar-refractivity contribution is -0.148. The third-order valence-corrected chi connectivity index (χ3v) is 4.79. The zero-order valence-electron chi connectivity index (χ0n) is 12.6. The third kappa shape index (κ3) is 2.99. The average molecular weight is 303 g/mol. The summed E-state index contributed by atoms with van der Waals surface area (Å²) in [7, 11) is 1.56. The maximum atomic E-state index is 12.5. The Balaban J connectivity index is 1.59. The van der Waals surface area contributed by atoms with Gasteiger partial charge in [0.25, 0.3) is 0 Å². The summed E-state index contributed by atoms with van der Waals surface area (Å²) < 4.78 is 5.23. The molecule has 0 spiro atoms. The van der Waals surface area contributed by atoms with Gasteiger partial charge in [0.1, 0.15) is 6.04 Å². The van der Waals surface area contributed by atoms with E-state index in [1.54, 1.807) is 7.11 Å². The van der Waals surface area contributed by atoms with Crippen molar-refractivity contribution in [3.8, 4) is 0 Å². The highest BCUT2D eigenvalue weighted by Gasteiger charge is 2.44. The first-order valence-electron chi connectivity index (χ1n) is 7.70. The van der Waals surface area contributed by atoms with E-state index in [1.807, 2.05) is 18.2 Å². The van der Waals surface area contributed by atoms with Crippen LogP contribution in [0.5, 0.6) is 0 Å². The van der Waals surface area contributed by atoms with Gasteiger partial charge in [0.05, 0.1) is 6.10 Å². The second kappa shape index (κ2) is 6.08. The first kappa shape index (κ1) is 15.0. The minimum atomic E-state index is -0.941. The van der Waals surface area contributed by atoms with Gasteiger partial charge in [0, 0.05) is 26.5 Å². The number of carbonyl (C=O) groups excluding carboxylic acids is 1. The molecule has 2 fully saturated rings. The van der Waals surface area contributed by atoms with Crippen molar-refractivity contribution in [2.75, 3.05) is 13.7 Å². The fourth-order valence-electron chi connectivity index (χ4n) is 3.40. The fraction of sp³-hybridized carbons (Fsp3) is 0.529. The normalized spacial score (nSPS) is 30.3. The summed E-state index contributed by atoms with van der Waals surface area (Å²) in [5.41, 5.74) is 1.27. The van der Waals surface area contributed by atoms with Crippen molar-refractivity contribution in [2.24, 2.45) is 5.92 Å². The monoisotopic (exact) mass is 303 g/mol. The van der Waals surface area contributed by atoms with E-state index in [0.29, 0.717) is 31.2 Å². The fourth-order valence-corrected chi connectivity index (χ4v) is 3.40. The minimum Gasteiger partial charge on any atom is -0.480 e. The van der Waals surface area contributed by atoms with Crippen LogP contribution in [0.2, 0.25) is 0 Å². The van der Waals surface area contributed by atoms with Crippen molar-refractivity contribution in [3.63, 3.8) is 0 Å². The molecule has 1 amide bonds. The number of carboxylic acid groups (broad SMARTS) is 1. The molecule has 22 heavy (non-hydrogen) atoms. The number of rotatable bonds is 5. The molecule has 0 radical (unpaired) electrons. The van der Waals surface area contributed by atoms with Crippen LogP contribution in [-0.2, 0) is 14.3 Å². The molecular formula is C17H21NO4. The number of aliphatic carboxylic acids is 1. The topological polar surface area (TPSA) is 66.8 Å². The maximum Gasteiger partial charge on any atom is 0.326 e. The van der Waals surface area contributed by atoms with E-state index < -0.39 is 12.0 Å². The van der Waals surface area contributed by atoms with Crippen molar-refractivity contribution < 1.29 is 19.4 Å². The zero-order chi connectivity index (χ0) is 15.7. The van der Waals surface area contributed by atoms with Crippen LogP contribution in [0.25, 0.3) is 0 Å². The van der Waals surface area contributed by atoms with Crippen LogP contribution in [0.15, 0.2) is 30.3 Å². The molecule has 1 saturated heterocycles. The number of hydrogen-bond acceptors (Lipinski definition) is 3. The number of amides is 1. The van der Waals surface area contributed by atoms with Gasteiger partial charge in [-0.15, -0.1) is 0 Å². The summed E-state index contributed by atoms with van der Waals surface area (Å²) in [6.07, 6.45) is 1.65. The van der Waals surface area contributed by atoms with E-state index >= 15 is 0 Å². The Hall–Kier alpha value is -1.88. The molecule has 1 aromatic rings. The molecule has 1 aliphatic carbocycles. The van der Waals surface area contributed by atoms with E-state index in [9.17, 15) is 14.7 Å². The Morgan fingerprint density at radius 1 is 1.27 bits per heavy atom. The number of likely N-dealkylation sites (tertiary alicyclic amines) is 1. The lowest BCUT2D eigenvalue weighted by Gasteiger charge is -2.21. The molecular weight excluding hydrogens is 282 g/mol. The second-order valence-corrected chi connectivity index (χ2v) is 6.21. The summed E-state index contributed by atoms with van der Waals surface area (Å²) in [5, 5.41) is 9.28. The van der Waals surface area contributed by atoms with Crippen molar-refractivity contribution in [3.05, 3.63) is 35.9 Å². The molecule has 1 aromatic carbocycles. The molecule has 118 valence electrons. The molecule has 5 nitrogen and oxygen atoms in total. The van der Waals surface area contributed by atoms with Crippen molar-refractivity contribution in [2.45, 2.75) is 37.3 Å². The predicted octanol–water partition coefficient (Wildman–Crippen LogP) is 1.88. The highest BCUT2D eigenvalue weighted by molar-refractivity contribution is 5.84. The molecule has 5 heteroatoms. The Morgan fingerprint density at radius 2 is 2.00 bits per heavy atom. The number of carbonyl (C=O) groups is 2. The van der Waals surface area contributed by atoms with Gasteiger partial charge in [-0.05, 0) is 23.8 Å². The number of benzene rings is 1. The Kier molecular flexibility index (Phi) is 4.16. The van der Waals surface area contributed by atoms with Gasteiger partial charge in [0.2, 0.25) is 5.91 Å². The summed E-state index contributed by atoms with van der Waals surface area (Å²) >= 11 is 0. The molecule has 2 aliphatic rings. The molecule has 0 bridgehead atoms. The summed E-state index contributed by atoms with van der Waals surface area (Å²) in [5.74, 6) is -0.223. The van der Waals surface area contributed by atoms with Gasteiger partial charge in [-0.2, -0.15) is 0 Å². The van der Waals surface area contributed by atoms with Crippen LogP contribution in [0.1, 0.15) is 30.7 Å². The molecule has 1 saturated carbocycles. The lowest BCUT2D eigenvalue weighted by Crippen LogP contribution is -2.40. The number of nitrogens with zero attached hydrogens (tertiary/aromatic N) is 1. The minimum absolute atomic E-state index is 0.0598. The van der Waals surface area contributed by atoms with Crippen LogP contribution < -0.4 is 0 Å². The van der Waals surface area contributed by atoms with E-state index in [0.717, 1.165) is 6.42 Å². The number of methoxy groups -OCH3 is 1. The van der Waals surface area contributed by atoms with E-state index in [1.165, 1.54) is 10.5 Å². The zero-order valence-corrected chi connectivity index (χ0v) is 12.6. The summed E-state index contributed by atoms with van der Waals surface area (Å²) in [4.78, 5) is 25.3. The van der Waals surface area contributed by atoms with Crippen LogP contribution in [0.4, 0.5) is 0 Å². The van der Waals surface area contributed by atoms with Gasteiger partial charge in [-0.3, -0.25) is 4.79 Å². The van der Waals surface area contributed by atoms with Crippen molar-refractivity contribution in [1.29, 1.82) is 0 Å². The molecule has 1 N–H and O–H groups in total. The Labute approximate surface area is 129 Å². The van der Waals surface area contributed by atoms with Gasteiger partial charge < -0.3 is 14.7 Å². The largest absolute Gasteiger partial charge is 0.480 e. The molecule has 1 heterocycles. The van der Waals surface area contributed by atoms with Crippen LogP contribution in [0.3, 0.4) is 0 Å². The van der Waals surface area contributed by atoms with Gasteiger partial charge in [0.15, 0.2) is 0 Å². The van der Waals surface area contributed by atoms with E-state index in [4.69, 9.17) is 4.74 Å². The Morgan fingerprint density at radius 3 is 2.64 bits per heavy atom. The van der Waals surface area contributed by atoms with E-state index in [-0.39, 0.29) is 12.0 Å². The molecule has 1 aliphatic heterocycles. The third-order valence-electron chi connectivity index (χ3n) is 4.79. The second-order valence-electron chi connectivity index (χ2n) is 6.21. The van der Waals surface area contributed by atoms with Crippen LogP contribution in [0, 0.1) is 5.92 Å². The molecule has 3 rings (SSSR count). The summed E-state index contributed by atoms with van der Waals surface area (Å²) in [6, 6.07) is 9.44. The Bertz CT molecular complexity index is 559. The van der Waals surface area contributed by atoms with Crippen LogP contribution in [-0.4, -0.2) is 47.7 Å². The molecule has 2 unspecified atom stereocenters. The average Bonchev–Trinajstić information content (AvgIpc) is 3.13. The molecule has 0 aromatic heterocycles. The highest BCUT2D eigenvalue weighted by Crippen LogP contribution is 2.49. The first-order valence-corrected chi connectivity index (χ1v) is 7.70. The van der Waals surface area contributed by atoms with Gasteiger partial charge >= 0.3 is 5.97 Å². The lowest BCUT2D eigenvalue weighted by atomic mass is 10.1. The maximum absolute atomic E-state index is 12.5. The van der Waals surface area contributed by atoms with Gasteiger partial charge in [-0.1, -0.05) is 30.3 Å². The van der Waals surface area contributed by atoms with Crippen LogP contribution >= 0.6 is 0 Å². The standard InChI is InChI=1S/C17H21NO4/c1-22-13-9-15(17(20)21)18(10-13)16(19)8-12-7-14(12)11-5-3-2-4-6-11/h2-6,12-15H,7-10H2,1H3,(H,20,21)/t12-,13?,14-,15?/m0/s1. The highest BCUT2D eigenvalue weighted by atomic mass is 16.5. The predicted molar refractivity (Wildman–Crippen MR) is 80.5 cm³/mol. The van der Waals surface area contributed by atoms with Gasteiger partial charge in [-0.25, -0.2) is 4.79 Å². The molecule has 4 atom stereocenters. The van der Waals surface area contributed by atoms with Crippen molar-refractivity contribution in [1.82, 2.24) is 4.90 Å². The number of carboxylic acids is 1. The first-order chi connectivity index (χ1) is 10.6. The number of hydrogen-bond donors (Lipinski definition) is 1. The van der Waals surface area contributed by atoms with E-state index in [2.05, 4.69) is 12.1 Å². The summed E-state index contributed by atoms with van der Waals surface area (Å²) in [6.45, 7) is 0.384.